The Morgan fingerprint density at radius 3 is 2.45 bits per heavy atom. The first-order chi connectivity index (χ1) is 14.8. The SMILES string of the molecule is Cc1cc(CC(=O)NN)cc(-n2nc3ccc(S(=O)(=O)c4ccccc4)cc3n2)c1O. The number of sulfone groups is 1. The Hall–Kier alpha value is -3.76. The summed E-state index contributed by atoms with van der Waals surface area (Å²) in [5.74, 6) is 4.72. The molecule has 4 N–H and O–H groups in total. The number of benzene rings is 3. The summed E-state index contributed by atoms with van der Waals surface area (Å²) in [5.41, 5.74) is 4.28. The third-order valence-corrected chi connectivity index (χ3v) is 6.56. The zero-order valence-electron chi connectivity index (χ0n) is 16.5. The molecular weight excluding hydrogens is 418 g/mol. The molecule has 1 aromatic heterocycles. The minimum absolute atomic E-state index is 0.0187. The lowest BCUT2D eigenvalue weighted by Crippen LogP contribution is -2.31. The summed E-state index contributed by atoms with van der Waals surface area (Å²) in [4.78, 5) is 13.1. The number of amides is 1. The number of phenols is 1. The Kier molecular flexibility index (Phi) is 5.17. The molecule has 10 heteroatoms. The molecule has 0 aliphatic carbocycles. The van der Waals surface area contributed by atoms with Crippen LogP contribution in [0.4, 0.5) is 0 Å². The number of nitrogens with zero attached hydrogens (tertiary/aromatic N) is 3. The molecule has 0 aliphatic rings. The van der Waals surface area contributed by atoms with Gasteiger partial charge in [0, 0.05) is 0 Å². The summed E-state index contributed by atoms with van der Waals surface area (Å²) in [7, 11) is -3.71. The molecule has 31 heavy (non-hydrogen) atoms. The van der Waals surface area contributed by atoms with Crippen LogP contribution in [0, 0.1) is 6.92 Å². The highest BCUT2D eigenvalue weighted by atomic mass is 32.2. The van der Waals surface area contributed by atoms with Gasteiger partial charge < -0.3 is 5.11 Å². The van der Waals surface area contributed by atoms with E-state index in [1.54, 1.807) is 43.3 Å². The van der Waals surface area contributed by atoms with Crippen LogP contribution in [0.2, 0.25) is 0 Å². The summed E-state index contributed by atoms with van der Waals surface area (Å²) >= 11 is 0. The van der Waals surface area contributed by atoms with Gasteiger partial charge in [0.25, 0.3) is 0 Å². The number of rotatable bonds is 5. The number of phenolic OH excluding ortho intramolecular Hbond substituents is 1. The molecule has 0 saturated carbocycles. The molecule has 1 amide bonds. The molecule has 0 saturated heterocycles. The minimum atomic E-state index is -3.71. The number of nitrogens with one attached hydrogen (secondary N) is 1. The first kappa shape index (κ1) is 20.5. The fourth-order valence-electron chi connectivity index (χ4n) is 3.23. The molecule has 0 bridgehead atoms. The Labute approximate surface area is 178 Å². The lowest BCUT2D eigenvalue weighted by atomic mass is 10.1. The number of fused-ring (bicyclic) bond motifs is 1. The van der Waals surface area contributed by atoms with Gasteiger partial charge in [-0.05, 0) is 54.4 Å². The van der Waals surface area contributed by atoms with Crippen molar-refractivity contribution in [1.82, 2.24) is 20.4 Å². The summed E-state index contributed by atoms with van der Waals surface area (Å²) in [6.07, 6.45) is 0.0187. The van der Waals surface area contributed by atoms with Gasteiger partial charge in [-0.25, -0.2) is 14.3 Å². The van der Waals surface area contributed by atoms with Crippen LogP contribution in [0.1, 0.15) is 11.1 Å². The standard InChI is InChI=1S/C21H19N5O4S/c1-13-9-14(11-20(27)23-22)10-19(21(13)28)26-24-17-8-7-16(12-18(17)25-26)31(29,30)15-5-3-2-4-6-15/h2-10,12,28H,11,22H2,1H3,(H,23,27). The van der Waals surface area contributed by atoms with Gasteiger partial charge in [-0.1, -0.05) is 24.3 Å². The number of nitrogens with two attached hydrogens (primary N) is 1. The van der Waals surface area contributed by atoms with Crippen molar-refractivity contribution < 1.29 is 18.3 Å². The van der Waals surface area contributed by atoms with E-state index in [1.165, 1.54) is 29.1 Å². The van der Waals surface area contributed by atoms with Gasteiger partial charge in [0.15, 0.2) is 0 Å². The number of carbonyl (C=O) groups is 1. The molecule has 158 valence electrons. The highest BCUT2D eigenvalue weighted by Crippen LogP contribution is 2.29. The van der Waals surface area contributed by atoms with Gasteiger partial charge >= 0.3 is 0 Å². The third-order valence-electron chi connectivity index (χ3n) is 4.80. The van der Waals surface area contributed by atoms with Crippen LogP contribution in [0.3, 0.4) is 0 Å². The highest BCUT2D eigenvalue weighted by Gasteiger charge is 2.20. The number of hydrazine groups is 1. The van der Waals surface area contributed by atoms with Crippen LogP contribution in [-0.4, -0.2) is 34.4 Å². The van der Waals surface area contributed by atoms with Crippen LogP contribution in [-0.2, 0) is 21.1 Å². The van der Waals surface area contributed by atoms with Crippen LogP contribution in [0.5, 0.6) is 5.75 Å². The number of aryl methyl sites for hydroxylation is 1. The second kappa shape index (κ2) is 7.82. The third kappa shape index (κ3) is 3.86. The monoisotopic (exact) mass is 437 g/mol. The first-order valence-corrected chi connectivity index (χ1v) is 10.8. The molecule has 3 aromatic carbocycles. The normalized spacial score (nSPS) is 11.5. The molecule has 9 nitrogen and oxygen atoms in total. The fourth-order valence-corrected chi connectivity index (χ4v) is 4.53. The number of aromatic nitrogens is 3. The van der Waals surface area contributed by atoms with Crippen molar-refractivity contribution in [3.8, 4) is 11.4 Å². The highest BCUT2D eigenvalue weighted by molar-refractivity contribution is 7.91. The van der Waals surface area contributed by atoms with Gasteiger partial charge in [0.05, 0.1) is 16.2 Å². The smallest absolute Gasteiger partial charge is 0.238 e. The number of carbonyl (C=O) groups excluding carboxylic acids is 1. The van der Waals surface area contributed by atoms with Crippen molar-refractivity contribution in [2.45, 2.75) is 23.1 Å². The van der Waals surface area contributed by atoms with Crippen LogP contribution in [0.15, 0.2) is 70.5 Å². The molecule has 4 aromatic rings. The van der Waals surface area contributed by atoms with Crippen LogP contribution >= 0.6 is 0 Å². The average molecular weight is 437 g/mol. The zero-order chi connectivity index (χ0) is 22.2. The minimum Gasteiger partial charge on any atom is -0.505 e. The largest absolute Gasteiger partial charge is 0.505 e. The lowest BCUT2D eigenvalue weighted by molar-refractivity contribution is -0.120. The molecule has 0 spiro atoms. The molecule has 0 atom stereocenters. The van der Waals surface area contributed by atoms with E-state index in [0.717, 1.165) is 0 Å². The predicted octanol–water partition coefficient (Wildman–Crippen LogP) is 1.80. The number of hydrogen-bond acceptors (Lipinski definition) is 7. The van der Waals surface area contributed by atoms with Crippen LogP contribution < -0.4 is 11.3 Å². The van der Waals surface area contributed by atoms with Crippen molar-refractivity contribution in [2.24, 2.45) is 5.84 Å². The molecule has 0 aliphatic heterocycles. The van der Waals surface area contributed by atoms with E-state index < -0.39 is 9.84 Å². The molecule has 0 unspecified atom stereocenters. The summed E-state index contributed by atoms with van der Waals surface area (Å²) in [6.45, 7) is 1.69. The molecule has 4 rings (SSSR count). The number of hydrogen-bond donors (Lipinski definition) is 3. The second-order valence-corrected chi connectivity index (χ2v) is 8.93. The van der Waals surface area contributed by atoms with E-state index in [4.69, 9.17) is 5.84 Å². The van der Waals surface area contributed by atoms with Gasteiger partial charge in [-0.3, -0.25) is 10.2 Å². The second-order valence-electron chi connectivity index (χ2n) is 6.98. The van der Waals surface area contributed by atoms with Gasteiger partial charge in [0.1, 0.15) is 22.5 Å². The molecular formula is C21H19N5O4S. The van der Waals surface area contributed by atoms with Gasteiger partial charge in [-0.2, -0.15) is 0 Å². The summed E-state index contributed by atoms with van der Waals surface area (Å²) < 4.78 is 25.8. The number of aromatic hydroxyl groups is 1. The van der Waals surface area contributed by atoms with Gasteiger partial charge in [-0.15, -0.1) is 15.0 Å². The zero-order valence-corrected chi connectivity index (χ0v) is 17.3. The van der Waals surface area contributed by atoms with Crippen molar-refractivity contribution in [1.29, 1.82) is 0 Å². The van der Waals surface area contributed by atoms with Crippen molar-refractivity contribution in [2.75, 3.05) is 0 Å². The van der Waals surface area contributed by atoms with Crippen molar-refractivity contribution >= 4 is 26.8 Å². The van der Waals surface area contributed by atoms with Crippen LogP contribution in [0.25, 0.3) is 16.7 Å². The van der Waals surface area contributed by atoms with E-state index >= 15 is 0 Å². The van der Waals surface area contributed by atoms with E-state index in [9.17, 15) is 18.3 Å². The van der Waals surface area contributed by atoms with E-state index in [0.29, 0.717) is 22.2 Å². The summed E-state index contributed by atoms with van der Waals surface area (Å²) in [5, 5.41) is 19.2. The Balaban J connectivity index is 1.78. The first-order valence-electron chi connectivity index (χ1n) is 9.29. The maximum Gasteiger partial charge on any atom is 0.238 e. The van der Waals surface area contributed by atoms with E-state index in [1.807, 2.05) is 0 Å². The van der Waals surface area contributed by atoms with Crippen molar-refractivity contribution in [3.63, 3.8) is 0 Å². The Morgan fingerprint density at radius 2 is 1.74 bits per heavy atom. The van der Waals surface area contributed by atoms with Gasteiger partial charge in [0.2, 0.25) is 15.7 Å². The maximum absolute atomic E-state index is 12.9. The lowest BCUT2D eigenvalue weighted by Gasteiger charge is -2.09. The molecule has 0 radical (unpaired) electrons. The Bertz CT molecular complexity index is 1400. The molecule has 1 heterocycles. The summed E-state index contributed by atoms with van der Waals surface area (Å²) in [6, 6.07) is 15.8. The van der Waals surface area contributed by atoms with E-state index in [2.05, 4.69) is 15.6 Å². The predicted molar refractivity (Wildman–Crippen MR) is 113 cm³/mol. The quantitative estimate of drug-likeness (QED) is 0.246. The Morgan fingerprint density at radius 1 is 1.03 bits per heavy atom. The maximum atomic E-state index is 12.9. The average Bonchev–Trinajstić information content (AvgIpc) is 3.19. The van der Waals surface area contributed by atoms with Crippen molar-refractivity contribution in [3.05, 3.63) is 71.8 Å². The fraction of sp³-hybridized carbons (Fsp3) is 0.0952. The topological polar surface area (TPSA) is 140 Å². The molecule has 0 fully saturated rings. The van der Waals surface area contributed by atoms with E-state index in [-0.39, 0.29) is 33.6 Å².